The third-order valence-corrected chi connectivity index (χ3v) is 1.82. The van der Waals surface area contributed by atoms with Crippen molar-refractivity contribution in [3.63, 3.8) is 0 Å². The molecule has 1 aromatic carbocycles. The van der Waals surface area contributed by atoms with Crippen LogP contribution in [0.1, 0.15) is 12.0 Å². The molecule has 0 atom stereocenters. The van der Waals surface area contributed by atoms with E-state index in [-0.39, 0.29) is 6.42 Å². The lowest BCUT2D eigenvalue weighted by molar-refractivity contribution is -0.135. The van der Waals surface area contributed by atoms with Crippen LogP contribution < -0.4 is 9.47 Å². The van der Waals surface area contributed by atoms with Crippen molar-refractivity contribution in [2.45, 2.75) is 6.42 Å². The molecule has 0 aliphatic carbocycles. The molecular weight excluding hydrogens is 208 g/mol. The van der Waals surface area contributed by atoms with Crippen LogP contribution in [0, 0.1) is 11.8 Å². The summed E-state index contributed by atoms with van der Waals surface area (Å²) in [5.41, 5.74) is 0.664. The molecule has 0 bridgehead atoms. The van der Waals surface area contributed by atoms with Crippen LogP contribution >= 0.6 is 0 Å². The molecule has 1 aromatic rings. The number of carboxylic acids is 1. The van der Waals surface area contributed by atoms with Gasteiger partial charge in [0.15, 0.2) is 0 Å². The molecule has 0 saturated heterocycles. The smallest absolute Gasteiger partial charge is 0.315 e. The fraction of sp³-hybridized carbons (Fsp3) is 0.250. The topological polar surface area (TPSA) is 55.8 Å². The van der Waals surface area contributed by atoms with E-state index in [1.165, 1.54) is 0 Å². The van der Waals surface area contributed by atoms with E-state index in [9.17, 15) is 4.79 Å². The minimum atomic E-state index is -0.942. The van der Waals surface area contributed by atoms with Gasteiger partial charge in [-0.05, 0) is 12.1 Å². The molecule has 0 aromatic heterocycles. The summed E-state index contributed by atoms with van der Waals surface area (Å²) in [7, 11) is 3.09. The molecule has 84 valence electrons. The Morgan fingerprint density at radius 3 is 2.25 bits per heavy atom. The van der Waals surface area contributed by atoms with E-state index >= 15 is 0 Å². The van der Waals surface area contributed by atoms with Crippen molar-refractivity contribution in [2.75, 3.05) is 14.2 Å². The minimum absolute atomic E-state index is 0.181. The van der Waals surface area contributed by atoms with Gasteiger partial charge in [0.05, 0.1) is 14.2 Å². The zero-order chi connectivity index (χ0) is 12.0. The van der Waals surface area contributed by atoms with Crippen LogP contribution in [-0.2, 0) is 4.79 Å². The summed E-state index contributed by atoms with van der Waals surface area (Å²) >= 11 is 0. The average Bonchev–Trinajstić information content (AvgIpc) is 2.28. The van der Waals surface area contributed by atoms with Gasteiger partial charge < -0.3 is 14.6 Å². The van der Waals surface area contributed by atoms with E-state index in [1.54, 1.807) is 32.4 Å². The van der Waals surface area contributed by atoms with E-state index in [0.717, 1.165) is 0 Å². The zero-order valence-electron chi connectivity index (χ0n) is 9.11. The summed E-state index contributed by atoms with van der Waals surface area (Å²) in [5.74, 6) is 5.58. The molecule has 4 nitrogen and oxygen atoms in total. The molecule has 0 spiro atoms. The van der Waals surface area contributed by atoms with Gasteiger partial charge in [0.2, 0.25) is 0 Å². The Bertz CT molecular complexity index is 418. The maximum Gasteiger partial charge on any atom is 0.315 e. The van der Waals surface area contributed by atoms with Gasteiger partial charge >= 0.3 is 5.97 Å². The van der Waals surface area contributed by atoms with Crippen LogP contribution in [0.5, 0.6) is 11.5 Å². The Morgan fingerprint density at radius 2 is 1.81 bits per heavy atom. The second kappa shape index (κ2) is 5.66. The lowest BCUT2D eigenvalue weighted by Gasteiger charge is -2.04. The molecule has 1 rings (SSSR count). The number of rotatable bonds is 3. The normalized spacial score (nSPS) is 8.88. The molecule has 1 N–H and O–H groups in total. The first-order valence-corrected chi connectivity index (χ1v) is 4.59. The van der Waals surface area contributed by atoms with Crippen molar-refractivity contribution in [1.82, 2.24) is 0 Å². The Balaban J connectivity index is 2.93. The van der Waals surface area contributed by atoms with Crippen LogP contribution in [0.2, 0.25) is 0 Å². The third-order valence-electron chi connectivity index (χ3n) is 1.82. The molecule has 4 heteroatoms. The highest BCUT2D eigenvalue weighted by Gasteiger charge is 1.99. The second-order valence-corrected chi connectivity index (χ2v) is 2.97. The van der Waals surface area contributed by atoms with Crippen LogP contribution in [0.25, 0.3) is 0 Å². The molecule has 0 amide bonds. The molecule has 0 unspecified atom stereocenters. The number of ether oxygens (including phenoxy) is 2. The van der Waals surface area contributed by atoms with E-state index in [1.807, 2.05) is 0 Å². The number of hydrogen-bond donors (Lipinski definition) is 1. The number of methoxy groups -OCH3 is 2. The number of benzene rings is 1. The summed E-state index contributed by atoms with van der Waals surface area (Å²) in [4.78, 5) is 10.3. The monoisotopic (exact) mass is 220 g/mol. The van der Waals surface area contributed by atoms with Crippen LogP contribution in [-0.4, -0.2) is 25.3 Å². The van der Waals surface area contributed by atoms with Crippen molar-refractivity contribution in [3.05, 3.63) is 23.8 Å². The van der Waals surface area contributed by atoms with Gasteiger partial charge in [-0.1, -0.05) is 11.8 Å². The van der Waals surface area contributed by atoms with Gasteiger partial charge in [-0.15, -0.1) is 0 Å². The van der Waals surface area contributed by atoms with Gasteiger partial charge in [0, 0.05) is 11.6 Å². The summed E-state index contributed by atoms with van der Waals surface area (Å²) in [6.45, 7) is 0. The van der Waals surface area contributed by atoms with E-state index in [4.69, 9.17) is 14.6 Å². The zero-order valence-corrected chi connectivity index (χ0v) is 9.11. The van der Waals surface area contributed by atoms with Crippen molar-refractivity contribution in [2.24, 2.45) is 0 Å². The molecular formula is C12H12O4. The SMILES string of the molecule is COc1cc(C#CCC(=O)O)cc(OC)c1. The lowest BCUT2D eigenvalue weighted by atomic mass is 10.2. The Labute approximate surface area is 93.8 Å². The molecule has 0 saturated carbocycles. The first-order chi connectivity index (χ1) is 7.65. The van der Waals surface area contributed by atoms with Crippen LogP contribution in [0.4, 0.5) is 0 Å². The predicted octanol–water partition coefficient (Wildman–Crippen LogP) is 1.53. The molecule has 0 radical (unpaired) electrons. The summed E-state index contributed by atoms with van der Waals surface area (Å²) in [6.07, 6.45) is -0.181. The standard InChI is InChI=1S/C12H12O4/c1-15-10-6-9(4-3-5-12(13)14)7-11(8-10)16-2/h6-8H,5H2,1-2H3,(H,13,14). The number of aliphatic carboxylic acids is 1. The van der Waals surface area contributed by atoms with Crippen molar-refractivity contribution in [1.29, 1.82) is 0 Å². The first kappa shape index (κ1) is 11.9. The highest BCUT2D eigenvalue weighted by molar-refractivity contribution is 5.70. The third kappa shape index (κ3) is 3.54. The predicted molar refractivity (Wildman–Crippen MR) is 58.7 cm³/mol. The van der Waals surface area contributed by atoms with Gasteiger partial charge in [0.25, 0.3) is 0 Å². The first-order valence-electron chi connectivity index (χ1n) is 4.59. The molecule has 0 aliphatic heterocycles. The highest BCUT2D eigenvalue weighted by atomic mass is 16.5. The summed E-state index contributed by atoms with van der Waals surface area (Å²) in [5, 5.41) is 8.44. The van der Waals surface area contributed by atoms with Gasteiger partial charge in [-0.2, -0.15) is 0 Å². The summed E-state index contributed by atoms with van der Waals surface area (Å²) < 4.78 is 10.1. The van der Waals surface area contributed by atoms with Crippen LogP contribution in [0.15, 0.2) is 18.2 Å². The van der Waals surface area contributed by atoms with Crippen LogP contribution in [0.3, 0.4) is 0 Å². The molecule has 0 heterocycles. The number of hydrogen-bond acceptors (Lipinski definition) is 3. The summed E-state index contributed by atoms with van der Waals surface area (Å²) in [6, 6.07) is 5.16. The Kier molecular flexibility index (Phi) is 4.22. The lowest BCUT2D eigenvalue weighted by Crippen LogP contribution is -1.91. The number of carboxylic acid groups (broad SMARTS) is 1. The quantitative estimate of drug-likeness (QED) is 0.785. The molecule has 16 heavy (non-hydrogen) atoms. The minimum Gasteiger partial charge on any atom is -0.497 e. The van der Waals surface area contributed by atoms with Crippen molar-refractivity contribution >= 4 is 5.97 Å². The van der Waals surface area contributed by atoms with Gasteiger partial charge in [-0.25, -0.2) is 0 Å². The highest BCUT2D eigenvalue weighted by Crippen LogP contribution is 2.21. The van der Waals surface area contributed by atoms with E-state index < -0.39 is 5.97 Å². The maximum absolute atomic E-state index is 10.3. The van der Waals surface area contributed by atoms with Crippen molar-refractivity contribution in [3.8, 4) is 23.3 Å². The van der Waals surface area contributed by atoms with Crippen molar-refractivity contribution < 1.29 is 19.4 Å². The molecule has 0 aliphatic rings. The molecule has 0 fully saturated rings. The second-order valence-electron chi connectivity index (χ2n) is 2.97. The van der Waals surface area contributed by atoms with Gasteiger partial charge in [-0.3, -0.25) is 4.79 Å². The Morgan fingerprint density at radius 1 is 1.25 bits per heavy atom. The fourth-order valence-electron chi connectivity index (χ4n) is 1.10. The number of carbonyl (C=O) groups is 1. The maximum atomic E-state index is 10.3. The average molecular weight is 220 g/mol. The largest absolute Gasteiger partial charge is 0.497 e. The van der Waals surface area contributed by atoms with E-state index in [0.29, 0.717) is 17.1 Å². The Hall–Kier alpha value is -2.15. The van der Waals surface area contributed by atoms with E-state index in [2.05, 4.69) is 11.8 Å². The fourth-order valence-corrected chi connectivity index (χ4v) is 1.10. The van der Waals surface area contributed by atoms with Gasteiger partial charge in [0.1, 0.15) is 17.9 Å².